The summed E-state index contributed by atoms with van der Waals surface area (Å²) in [5.41, 5.74) is 0.106. The summed E-state index contributed by atoms with van der Waals surface area (Å²) in [4.78, 5) is 11.0. The van der Waals surface area contributed by atoms with Crippen molar-refractivity contribution in [3.63, 3.8) is 0 Å². The summed E-state index contributed by atoms with van der Waals surface area (Å²) in [5.74, 6) is 1.18. The van der Waals surface area contributed by atoms with Gasteiger partial charge in [0.15, 0.2) is 11.5 Å². The number of benzene rings is 1. The van der Waals surface area contributed by atoms with Crippen molar-refractivity contribution in [2.45, 2.75) is 0 Å². The first-order valence-electron chi connectivity index (χ1n) is 4.40. The molecule has 4 heteroatoms. The van der Waals surface area contributed by atoms with Crippen molar-refractivity contribution >= 4 is 11.0 Å². The van der Waals surface area contributed by atoms with E-state index in [-0.39, 0.29) is 5.63 Å². The van der Waals surface area contributed by atoms with Gasteiger partial charge in [0.25, 0.3) is 0 Å². The smallest absolute Gasteiger partial charge is 0.336 e. The molecule has 1 aliphatic rings. The van der Waals surface area contributed by atoms with E-state index in [1.54, 1.807) is 18.2 Å². The molecule has 0 N–H and O–H groups in total. The highest BCUT2D eigenvalue weighted by molar-refractivity contribution is 5.86. The lowest BCUT2D eigenvalue weighted by molar-refractivity contribution is 0.364. The molecule has 0 amide bonds. The van der Waals surface area contributed by atoms with Crippen LogP contribution in [0.5, 0.6) is 11.5 Å². The van der Waals surface area contributed by atoms with Gasteiger partial charge < -0.3 is 13.9 Å². The highest BCUT2D eigenvalue weighted by Crippen LogP contribution is 2.36. The van der Waals surface area contributed by atoms with Crippen LogP contribution in [0.15, 0.2) is 46.0 Å². The van der Waals surface area contributed by atoms with Crippen LogP contribution in [0.25, 0.3) is 11.0 Å². The summed E-state index contributed by atoms with van der Waals surface area (Å²) in [6.45, 7) is 0. The largest absolute Gasteiger partial charge is 0.458 e. The minimum Gasteiger partial charge on any atom is -0.458 e. The zero-order valence-electron chi connectivity index (χ0n) is 7.60. The average molecular weight is 202 g/mol. The SMILES string of the molecule is O=c1ccc2c3c(ccc2o1)OC=CO3. The van der Waals surface area contributed by atoms with E-state index in [1.807, 2.05) is 0 Å². The number of rotatable bonds is 0. The van der Waals surface area contributed by atoms with Gasteiger partial charge in [0.05, 0.1) is 5.39 Å². The molecule has 0 saturated heterocycles. The molecule has 0 saturated carbocycles. The Kier molecular flexibility index (Phi) is 1.56. The molecule has 0 spiro atoms. The molecule has 1 aromatic carbocycles. The minimum atomic E-state index is -0.380. The van der Waals surface area contributed by atoms with Crippen LogP contribution in [0.4, 0.5) is 0 Å². The van der Waals surface area contributed by atoms with Gasteiger partial charge in [-0.25, -0.2) is 4.79 Å². The molecular formula is C11H6O4. The Labute approximate surface area is 84.3 Å². The Morgan fingerprint density at radius 2 is 1.80 bits per heavy atom. The van der Waals surface area contributed by atoms with Gasteiger partial charge >= 0.3 is 5.63 Å². The van der Waals surface area contributed by atoms with Gasteiger partial charge in [-0.05, 0) is 18.2 Å². The second kappa shape index (κ2) is 2.88. The molecule has 0 unspecified atom stereocenters. The molecule has 0 atom stereocenters. The van der Waals surface area contributed by atoms with Crippen LogP contribution in [0.1, 0.15) is 0 Å². The normalized spacial score (nSPS) is 13.1. The van der Waals surface area contributed by atoms with E-state index in [0.29, 0.717) is 17.1 Å². The molecule has 1 aromatic heterocycles. The Hall–Kier alpha value is -2.23. The fourth-order valence-electron chi connectivity index (χ4n) is 1.51. The van der Waals surface area contributed by atoms with E-state index < -0.39 is 0 Å². The van der Waals surface area contributed by atoms with Crippen LogP contribution in [-0.4, -0.2) is 0 Å². The molecule has 15 heavy (non-hydrogen) atoms. The number of fused-ring (bicyclic) bond motifs is 3. The van der Waals surface area contributed by atoms with Gasteiger partial charge in [-0.2, -0.15) is 0 Å². The number of hydrogen-bond acceptors (Lipinski definition) is 4. The van der Waals surface area contributed by atoms with E-state index in [4.69, 9.17) is 13.9 Å². The third-order valence-electron chi connectivity index (χ3n) is 2.15. The van der Waals surface area contributed by atoms with Crippen molar-refractivity contribution in [2.24, 2.45) is 0 Å². The molecule has 4 nitrogen and oxygen atoms in total. The van der Waals surface area contributed by atoms with Gasteiger partial charge in [-0.3, -0.25) is 0 Å². The molecule has 2 heterocycles. The van der Waals surface area contributed by atoms with Crippen LogP contribution in [0.2, 0.25) is 0 Å². The van der Waals surface area contributed by atoms with Crippen molar-refractivity contribution < 1.29 is 13.9 Å². The lowest BCUT2D eigenvalue weighted by atomic mass is 10.2. The summed E-state index contributed by atoms with van der Waals surface area (Å²) in [6.07, 6.45) is 2.89. The lowest BCUT2D eigenvalue weighted by Crippen LogP contribution is -1.99. The van der Waals surface area contributed by atoms with E-state index in [2.05, 4.69) is 0 Å². The third-order valence-corrected chi connectivity index (χ3v) is 2.15. The minimum absolute atomic E-state index is 0.380. The second-order valence-electron chi connectivity index (χ2n) is 3.07. The molecule has 3 rings (SSSR count). The maximum absolute atomic E-state index is 11.0. The fourth-order valence-corrected chi connectivity index (χ4v) is 1.51. The highest BCUT2D eigenvalue weighted by Gasteiger charge is 2.13. The molecule has 0 aliphatic carbocycles. The third kappa shape index (κ3) is 1.19. The van der Waals surface area contributed by atoms with E-state index in [1.165, 1.54) is 18.6 Å². The van der Waals surface area contributed by atoms with Crippen molar-refractivity contribution in [3.05, 3.63) is 47.2 Å². The van der Waals surface area contributed by atoms with E-state index in [0.717, 1.165) is 5.39 Å². The van der Waals surface area contributed by atoms with Crippen LogP contribution in [0.3, 0.4) is 0 Å². The Morgan fingerprint density at radius 3 is 2.73 bits per heavy atom. The van der Waals surface area contributed by atoms with E-state index >= 15 is 0 Å². The number of hydrogen-bond donors (Lipinski definition) is 0. The standard InChI is InChI=1S/C11H6O4/c12-10-4-1-7-8(15-10)2-3-9-11(7)14-6-5-13-9/h1-6H. The number of ether oxygens (including phenoxy) is 2. The topological polar surface area (TPSA) is 48.7 Å². The first-order valence-corrected chi connectivity index (χ1v) is 4.40. The van der Waals surface area contributed by atoms with Gasteiger partial charge in [-0.15, -0.1) is 0 Å². The lowest BCUT2D eigenvalue weighted by Gasteiger charge is -2.13. The zero-order valence-corrected chi connectivity index (χ0v) is 7.60. The molecule has 2 aromatic rings. The summed E-state index contributed by atoms with van der Waals surface area (Å²) in [5, 5.41) is 0.719. The van der Waals surface area contributed by atoms with Gasteiger partial charge in [0, 0.05) is 6.07 Å². The van der Waals surface area contributed by atoms with Crippen LogP contribution >= 0.6 is 0 Å². The molecule has 0 radical (unpaired) electrons. The molecular weight excluding hydrogens is 196 g/mol. The average Bonchev–Trinajstić information content (AvgIpc) is 2.28. The summed E-state index contributed by atoms with van der Waals surface area (Å²) in [7, 11) is 0. The van der Waals surface area contributed by atoms with Crippen LogP contribution in [-0.2, 0) is 0 Å². The van der Waals surface area contributed by atoms with Gasteiger partial charge in [-0.1, -0.05) is 0 Å². The predicted octanol–water partition coefficient (Wildman–Crippen LogP) is 2.04. The summed E-state index contributed by atoms with van der Waals surface area (Å²) in [6, 6.07) is 6.38. The van der Waals surface area contributed by atoms with Gasteiger partial charge in [0.1, 0.15) is 18.1 Å². The first kappa shape index (κ1) is 8.11. The molecule has 0 fully saturated rings. The summed E-state index contributed by atoms with van der Waals surface area (Å²) >= 11 is 0. The van der Waals surface area contributed by atoms with Crippen LogP contribution < -0.4 is 15.1 Å². The zero-order chi connectivity index (χ0) is 10.3. The Morgan fingerprint density at radius 1 is 0.933 bits per heavy atom. The Balaban J connectivity index is 2.39. The van der Waals surface area contributed by atoms with Crippen molar-refractivity contribution in [2.75, 3.05) is 0 Å². The van der Waals surface area contributed by atoms with E-state index in [9.17, 15) is 4.79 Å². The van der Waals surface area contributed by atoms with Gasteiger partial charge in [0.2, 0.25) is 0 Å². The first-order chi connectivity index (χ1) is 7.34. The summed E-state index contributed by atoms with van der Waals surface area (Å²) < 4.78 is 15.6. The second-order valence-corrected chi connectivity index (χ2v) is 3.07. The van der Waals surface area contributed by atoms with Crippen LogP contribution in [0, 0.1) is 0 Å². The fraction of sp³-hybridized carbons (Fsp3) is 0. The molecule has 1 aliphatic heterocycles. The van der Waals surface area contributed by atoms with Crippen molar-refractivity contribution in [1.29, 1.82) is 0 Å². The quantitative estimate of drug-likeness (QED) is 0.613. The molecule has 74 valence electrons. The highest BCUT2D eigenvalue weighted by atomic mass is 16.5. The van der Waals surface area contributed by atoms with Crippen molar-refractivity contribution in [3.8, 4) is 11.5 Å². The van der Waals surface area contributed by atoms with Crippen molar-refractivity contribution in [1.82, 2.24) is 0 Å². The maximum Gasteiger partial charge on any atom is 0.336 e. The molecule has 0 bridgehead atoms. The predicted molar refractivity (Wildman–Crippen MR) is 52.9 cm³/mol. The Bertz CT molecular complexity index is 610. The maximum atomic E-state index is 11.0. The monoisotopic (exact) mass is 202 g/mol.